The Balaban J connectivity index is 2.13. The number of aliphatic hydroxyl groups excluding tert-OH is 2. The second-order valence-electron chi connectivity index (χ2n) is 9.32. The van der Waals surface area contributed by atoms with Crippen molar-refractivity contribution in [1.29, 1.82) is 0 Å². The smallest absolute Gasteiger partial charge is 0.0939 e. The largest absolute Gasteiger partial charge is 0.390 e. The summed E-state index contributed by atoms with van der Waals surface area (Å²) in [5.74, 6) is 0.198. The van der Waals surface area contributed by atoms with Gasteiger partial charge < -0.3 is 15.3 Å². The van der Waals surface area contributed by atoms with Crippen molar-refractivity contribution in [3.05, 3.63) is 24.3 Å². The van der Waals surface area contributed by atoms with Crippen molar-refractivity contribution in [2.75, 3.05) is 0 Å². The van der Waals surface area contributed by atoms with E-state index in [9.17, 15) is 15.3 Å². The van der Waals surface area contributed by atoms with Crippen molar-refractivity contribution in [2.24, 2.45) is 22.2 Å². The fourth-order valence-electron chi connectivity index (χ4n) is 5.99. The average molecular weight is 320 g/mol. The molecule has 2 saturated carbocycles. The Labute approximate surface area is 140 Å². The van der Waals surface area contributed by atoms with Gasteiger partial charge in [0.15, 0.2) is 0 Å². The molecule has 0 aromatic rings. The van der Waals surface area contributed by atoms with Crippen LogP contribution < -0.4 is 0 Å². The number of allylic oxidation sites excluding steroid dienone is 2. The van der Waals surface area contributed by atoms with Gasteiger partial charge in [0.1, 0.15) is 0 Å². The Bertz CT molecular complexity index is 551. The fourth-order valence-corrected chi connectivity index (χ4v) is 5.99. The van der Waals surface area contributed by atoms with Crippen molar-refractivity contribution in [1.82, 2.24) is 0 Å². The van der Waals surface area contributed by atoms with Crippen LogP contribution in [0.25, 0.3) is 0 Å². The van der Waals surface area contributed by atoms with Crippen molar-refractivity contribution >= 4 is 0 Å². The van der Waals surface area contributed by atoms with E-state index in [1.165, 1.54) is 0 Å². The zero-order valence-corrected chi connectivity index (χ0v) is 15.0. The summed E-state index contributed by atoms with van der Waals surface area (Å²) in [5, 5.41) is 33.1. The monoisotopic (exact) mass is 320 g/mol. The summed E-state index contributed by atoms with van der Waals surface area (Å²) in [6.07, 6.45) is 6.32. The molecule has 2 fully saturated rings. The van der Waals surface area contributed by atoms with Crippen LogP contribution in [0.2, 0.25) is 0 Å². The average Bonchev–Trinajstić information content (AvgIpc) is 2.47. The van der Waals surface area contributed by atoms with Crippen molar-refractivity contribution in [3.63, 3.8) is 0 Å². The maximum absolute atomic E-state index is 11.7. The minimum absolute atomic E-state index is 0.0848. The lowest BCUT2D eigenvalue weighted by Crippen LogP contribution is -2.69. The molecule has 3 N–H and O–H groups in total. The molecular weight excluding hydrogens is 288 g/mol. The standard InChI is InChI=1S/C20H32O3/c1-6-18(4)9-10-20(23)13(11-18)7-8-15-17(2,3)12-14(21)16(22)19(15,20)5/h6,11,14-16,21-23H,1,7-10,12H2,2-5H3/t14-,15-,16-,18-,19+,20+/m0/s1. The maximum atomic E-state index is 11.7. The minimum atomic E-state index is -1.03. The highest BCUT2D eigenvalue weighted by atomic mass is 16.3. The first-order chi connectivity index (χ1) is 10.5. The zero-order chi connectivity index (χ0) is 17.3. The van der Waals surface area contributed by atoms with Gasteiger partial charge >= 0.3 is 0 Å². The molecule has 0 unspecified atom stereocenters. The van der Waals surface area contributed by atoms with Gasteiger partial charge in [0.05, 0.1) is 17.8 Å². The molecule has 3 nitrogen and oxygen atoms in total. The lowest BCUT2D eigenvalue weighted by atomic mass is 9.42. The second-order valence-corrected chi connectivity index (χ2v) is 9.32. The predicted octanol–water partition coefficient (Wildman–Crippen LogP) is 3.20. The van der Waals surface area contributed by atoms with E-state index in [4.69, 9.17) is 0 Å². The molecule has 0 radical (unpaired) electrons. The quantitative estimate of drug-likeness (QED) is 0.650. The van der Waals surface area contributed by atoms with Crippen LogP contribution in [0.3, 0.4) is 0 Å². The van der Waals surface area contributed by atoms with E-state index < -0.39 is 23.2 Å². The molecule has 6 atom stereocenters. The first-order valence-electron chi connectivity index (χ1n) is 8.94. The Morgan fingerprint density at radius 3 is 2.43 bits per heavy atom. The molecule has 3 aliphatic rings. The van der Waals surface area contributed by atoms with Crippen LogP contribution in [0.4, 0.5) is 0 Å². The Morgan fingerprint density at radius 1 is 1.17 bits per heavy atom. The summed E-state index contributed by atoms with van der Waals surface area (Å²) >= 11 is 0. The summed E-state index contributed by atoms with van der Waals surface area (Å²) in [7, 11) is 0. The van der Waals surface area contributed by atoms with Gasteiger partial charge in [0, 0.05) is 10.8 Å². The Hall–Kier alpha value is -0.640. The molecule has 130 valence electrons. The van der Waals surface area contributed by atoms with Gasteiger partial charge in [-0.15, -0.1) is 6.58 Å². The lowest BCUT2D eigenvalue weighted by Gasteiger charge is -2.65. The molecule has 0 aromatic heterocycles. The van der Waals surface area contributed by atoms with E-state index >= 15 is 0 Å². The van der Waals surface area contributed by atoms with E-state index in [0.717, 1.165) is 24.8 Å². The molecule has 0 bridgehead atoms. The predicted molar refractivity (Wildman–Crippen MR) is 91.8 cm³/mol. The zero-order valence-electron chi connectivity index (χ0n) is 15.0. The number of rotatable bonds is 1. The molecule has 23 heavy (non-hydrogen) atoms. The van der Waals surface area contributed by atoms with Gasteiger partial charge in [-0.25, -0.2) is 0 Å². The molecule has 0 amide bonds. The third-order valence-electron chi connectivity index (χ3n) is 7.50. The second kappa shape index (κ2) is 4.93. The summed E-state index contributed by atoms with van der Waals surface area (Å²) < 4.78 is 0. The van der Waals surface area contributed by atoms with E-state index in [-0.39, 0.29) is 16.7 Å². The van der Waals surface area contributed by atoms with Gasteiger partial charge in [-0.05, 0) is 49.0 Å². The highest BCUT2D eigenvalue weighted by molar-refractivity contribution is 5.35. The van der Waals surface area contributed by atoms with Crippen LogP contribution in [0.5, 0.6) is 0 Å². The topological polar surface area (TPSA) is 60.7 Å². The van der Waals surface area contributed by atoms with E-state index in [0.29, 0.717) is 12.8 Å². The summed E-state index contributed by atoms with van der Waals surface area (Å²) in [4.78, 5) is 0. The Kier molecular flexibility index (Phi) is 3.69. The first-order valence-corrected chi connectivity index (χ1v) is 8.94. The van der Waals surface area contributed by atoms with Crippen LogP contribution in [-0.4, -0.2) is 33.1 Å². The number of aliphatic hydroxyl groups is 3. The van der Waals surface area contributed by atoms with Crippen LogP contribution in [0.1, 0.15) is 59.8 Å². The maximum Gasteiger partial charge on any atom is 0.0939 e. The number of hydrogen-bond acceptors (Lipinski definition) is 3. The molecule has 3 aliphatic carbocycles. The van der Waals surface area contributed by atoms with Crippen LogP contribution >= 0.6 is 0 Å². The highest BCUT2D eigenvalue weighted by Crippen LogP contribution is 2.65. The van der Waals surface area contributed by atoms with Gasteiger partial charge in [-0.1, -0.05) is 39.8 Å². The molecule has 3 heteroatoms. The number of hydrogen-bond donors (Lipinski definition) is 3. The van der Waals surface area contributed by atoms with Crippen LogP contribution in [-0.2, 0) is 0 Å². The Morgan fingerprint density at radius 2 is 1.83 bits per heavy atom. The molecule has 0 saturated heterocycles. The summed E-state index contributed by atoms with van der Waals surface area (Å²) in [5.41, 5.74) is -0.877. The third kappa shape index (κ3) is 2.13. The lowest BCUT2D eigenvalue weighted by molar-refractivity contribution is -0.245. The van der Waals surface area contributed by atoms with E-state index in [1.54, 1.807) is 0 Å². The molecule has 0 heterocycles. The summed E-state index contributed by atoms with van der Waals surface area (Å²) in [6, 6.07) is 0. The molecule has 3 rings (SSSR count). The minimum Gasteiger partial charge on any atom is -0.390 e. The SMILES string of the molecule is C=C[C@]1(C)C=C2CC[C@H]3C(C)(C)C[C@H](O)[C@H](O)[C@]3(C)[C@@]2(O)CC1. The fraction of sp³-hybridized carbons (Fsp3) is 0.800. The van der Waals surface area contributed by atoms with Gasteiger partial charge in [0.2, 0.25) is 0 Å². The van der Waals surface area contributed by atoms with Crippen molar-refractivity contribution < 1.29 is 15.3 Å². The molecule has 0 spiro atoms. The normalized spacial score (nSPS) is 52.1. The van der Waals surface area contributed by atoms with Crippen molar-refractivity contribution in [3.8, 4) is 0 Å². The van der Waals surface area contributed by atoms with Crippen molar-refractivity contribution in [2.45, 2.75) is 77.6 Å². The molecular formula is C20H32O3. The molecule has 0 aromatic carbocycles. The number of fused-ring (bicyclic) bond motifs is 3. The van der Waals surface area contributed by atoms with Crippen LogP contribution in [0, 0.1) is 22.2 Å². The third-order valence-corrected chi connectivity index (χ3v) is 7.50. The van der Waals surface area contributed by atoms with Crippen LogP contribution in [0.15, 0.2) is 24.3 Å². The van der Waals surface area contributed by atoms with Gasteiger partial charge in [-0.2, -0.15) is 0 Å². The molecule has 0 aliphatic heterocycles. The van der Waals surface area contributed by atoms with Gasteiger partial charge in [0.25, 0.3) is 0 Å². The van der Waals surface area contributed by atoms with Gasteiger partial charge in [-0.3, -0.25) is 0 Å². The van der Waals surface area contributed by atoms with E-state index in [2.05, 4.69) is 33.4 Å². The first kappa shape index (κ1) is 17.2. The van der Waals surface area contributed by atoms with E-state index in [1.807, 2.05) is 13.0 Å². The summed E-state index contributed by atoms with van der Waals surface area (Å²) in [6.45, 7) is 12.4. The highest BCUT2D eigenvalue weighted by Gasteiger charge is 2.67.